The standard InChI is InChI=1S/C27H39NO6S/c1-15-9-8-10-27(7)22(34-27)12-20(16(2)11-19-14-35-18(4)28-19)33-23(30)13-21(29)26(5,6)25(32)17(3)24(15)31/h8-9,11,14-15,17,20-22,24,29,31H,10,12-13H2,1-7H3/b9-8+,16-11+/t15-,17+,20-,21-,22?,24-,27+/m0/s1. The predicted octanol–water partition coefficient (Wildman–Crippen LogP) is 4.25. The molecule has 1 unspecified atom stereocenters. The van der Waals surface area contributed by atoms with Crippen LogP contribution in [-0.4, -0.2) is 57.0 Å². The van der Waals surface area contributed by atoms with Crippen LogP contribution in [0, 0.1) is 24.2 Å². The van der Waals surface area contributed by atoms with Crippen molar-refractivity contribution < 1.29 is 29.3 Å². The Morgan fingerprint density at radius 1 is 1.23 bits per heavy atom. The Bertz CT molecular complexity index is 998. The third kappa shape index (κ3) is 6.47. The van der Waals surface area contributed by atoms with Crippen LogP contribution in [0.3, 0.4) is 0 Å². The molecular weight excluding hydrogens is 466 g/mol. The van der Waals surface area contributed by atoms with Gasteiger partial charge in [-0.1, -0.05) is 39.8 Å². The fourth-order valence-electron chi connectivity index (χ4n) is 4.67. The van der Waals surface area contributed by atoms with Gasteiger partial charge in [0.1, 0.15) is 11.9 Å². The molecule has 35 heavy (non-hydrogen) atoms. The normalized spacial score (nSPS) is 37.9. The fraction of sp³-hybridized carbons (Fsp3) is 0.667. The molecular formula is C27H39NO6S. The summed E-state index contributed by atoms with van der Waals surface area (Å²) in [6.45, 7) is 12.6. The molecule has 0 bridgehead atoms. The largest absolute Gasteiger partial charge is 0.458 e. The topological polar surface area (TPSA) is 109 Å². The van der Waals surface area contributed by atoms with Gasteiger partial charge in [-0.05, 0) is 38.8 Å². The number of carbonyl (C=O) groups excluding carboxylic acids is 2. The molecule has 1 aromatic heterocycles. The van der Waals surface area contributed by atoms with Gasteiger partial charge >= 0.3 is 5.97 Å². The van der Waals surface area contributed by atoms with Crippen LogP contribution in [-0.2, 0) is 19.1 Å². The second kappa shape index (κ2) is 10.6. The lowest BCUT2D eigenvalue weighted by Gasteiger charge is -2.34. The lowest BCUT2D eigenvalue weighted by atomic mass is 9.73. The highest BCUT2D eigenvalue weighted by Crippen LogP contribution is 2.44. The Morgan fingerprint density at radius 2 is 1.91 bits per heavy atom. The summed E-state index contributed by atoms with van der Waals surface area (Å²) in [5.74, 6) is -1.83. The Labute approximate surface area is 212 Å². The molecule has 2 N–H and O–H groups in total. The van der Waals surface area contributed by atoms with Crippen LogP contribution in [0.25, 0.3) is 6.08 Å². The number of aliphatic hydroxyl groups excluding tert-OH is 2. The molecule has 2 aliphatic rings. The van der Waals surface area contributed by atoms with Gasteiger partial charge in [0.25, 0.3) is 0 Å². The monoisotopic (exact) mass is 505 g/mol. The smallest absolute Gasteiger partial charge is 0.309 e. The average Bonchev–Trinajstić information content (AvgIpc) is 3.22. The number of ketones is 1. The highest BCUT2D eigenvalue weighted by molar-refractivity contribution is 7.09. The van der Waals surface area contributed by atoms with Crippen molar-refractivity contribution in [3.63, 3.8) is 0 Å². The van der Waals surface area contributed by atoms with Crippen molar-refractivity contribution in [2.24, 2.45) is 17.3 Å². The van der Waals surface area contributed by atoms with E-state index in [0.29, 0.717) is 12.8 Å². The van der Waals surface area contributed by atoms with Crippen molar-refractivity contribution >= 4 is 29.2 Å². The van der Waals surface area contributed by atoms with Crippen LogP contribution in [0.1, 0.15) is 71.5 Å². The molecule has 0 aliphatic carbocycles. The molecule has 1 aromatic rings. The molecule has 0 saturated carbocycles. The number of epoxide rings is 1. The van der Waals surface area contributed by atoms with Gasteiger partial charge < -0.3 is 19.7 Å². The van der Waals surface area contributed by atoms with Gasteiger partial charge in [-0.25, -0.2) is 4.98 Å². The van der Waals surface area contributed by atoms with Gasteiger partial charge in [0.2, 0.25) is 0 Å². The summed E-state index contributed by atoms with van der Waals surface area (Å²) in [4.78, 5) is 30.6. The molecule has 3 heterocycles. The number of aromatic nitrogens is 1. The fourth-order valence-corrected chi connectivity index (χ4v) is 5.24. The van der Waals surface area contributed by atoms with E-state index in [4.69, 9.17) is 9.47 Å². The average molecular weight is 506 g/mol. The third-order valence-corrected chi connectivity index (χ3v) is 8.30. The van der Waals surface area contributed by atoms with Crippen LogP contribution in [0.4, 0.5) is 0 Å². The molecule has 0 amide bonds. The number of cyclic esters (lactones) is 1. The highest BCUT2D eigenvalue weighted by atomic mass is 32.1. The van der Waals surface area contributed by atoms with Gasteiger partial charge in [-0.15, -0.1) is 11.3 Å². The van der Waals surface area contributed by atoms with Gasteiger partial charge in [0.15, 0.2) is 0 Å². The maximum atomic E-state index is 13.2. The Kier molecular flexibility index (Phi) is 8.41. The SMILES string of the molecule is C/C(=C\c1csc(C)n1)[C@@H]1CC2O[C@]2(C)C/C=C/[C@H](C)[C@H](O)[C@@H](C)C(=O)C(C)(C)[C@@H](O)CC(=O)O1. The van der Waals surface area contributed by atoms with Gasteiger partial charge in [0.05, 0.1) is 46.5 Å². The van der Waals surface area contributed by atoms with Gasteiger partial charge in [0, 0.05) is 23.6 Å². The Morgan fingerprint density at radius 3 is 2.54 bits per heavy atom. The maximum Gasteiger partial charge on any atom is 0.309 e. The molecule has 0 radical (unpaired) electrons. The summed E-state index contributed by atoms with van der Waals surface area (Å²) in [5.41, 5.74) is 0.0391. The van der Waals surface area contributed by atoms with Gasteiger partial charge in [-0.3, -0.25) is 9.59 Å². The first kappa shape index (κ1) is 27.7. The number of fused-ring (bicyclic) bond motifs is 1. The number of hydrogen-bond acceptors (Lipinski definition) is 8. The van der Waals surface area contributed by atoms with Crippen molar-refractivity contribution in [3.05, 3.63) is 33.8 Å². The number of esters is 1. The number of carbonyl (C=O) groups is 2. The summed E-state index contributed by atoms with van der Waals surface area (Å²) in [7, 11) is 0. The number of thiazole rings is 1. The van der Waals surface area contributed by atoms with Crippen molar-refractivity contribution in [2.75, 3.05) is 0 Å². The zero-order valence-electron chi connectivity index (χ0n) is 21.8. The van der Waals surface area contributed by atoms with E-state index in [1.807, 2.05) is 51.3 Å². The molecule has 194 valence electrons. The molecule has 2 aliphatic heterocycles. The first-order chi connectivity index (χ1) is 16.2. The van der Waals surface area contributed by atoms with E-state index in [1.165, 1.54) is 0 Å². The van der Waals surface area contributed by atoms with Crippen LogP contribution >= 0.6 is 11.3 Å². The number of hydrogen-bond donors (Lipinski definition) is 2. The number of aliphatic hydroxyl groups is 2. The van der Waals surface area contributed by atoms with Crippen molar-refractivity contribution in [1.29, 1.82) is 0 Å². The molecule has 1 saturated heterocycles. The van der Waals surface area contributed by atoms with E-state index in [-0.39, 0.29) is 29.8 Å². The highest BCUT2D eigenvalue weighted by Gasteiger charge is 2.52. The first-order valence-electron chi connectivity index (χ1n) is 12.3. The van der Waals surface area contributed by atoms with Crippen LogP contribution < -0.4 is 0 Å². The molecule has 7 nitrogen and oxygen atoms in total. The van der Waals surface area contributed by atoms with Crippen LogP contribution in [0.5, 0.6) is 0 Å². The number of rotatable bonds is 2. The van der Waals surface area contributed by atoms with E-state index in [2.05, 4.69) is 4.98 Å². The second-order valence-corrected chi connectivity index (χ2v) is 12.0. The number of nitrogens with zero attached hydrogens (tertiary/aromatic N) is 1. The van der Waals surface area contributed by atoms with Crippen LogP contribution in [0.2, 0.25) is 0 Å². The van der Waals surface area contributed by atoms with E-state index in [0.717, 1.165) is 16.3 Å². The van der Waals surface area contributed by atoms with Crippen molar-refractivity contribution in [1.82, 2.24) is 4.98 Å². The number of ether oxygens (including phenoxy) is 2. The number of Topliss-reactive ketones (excluding diaryl/α,β-unsaturated/α-hetero) is 1. The third-order valence-electron chi connectivity index (χ3n) is 7.51. The summed E-state index contributed by atoms with van der Waals surface area (Å²) in [6, 6.07) is 0. The summed E-state index contributed by atoms with van der Waals surface area (Å²) >= 11 is 1.55. The minimum Gasteiger partial charge on any atom is -0.458 e. The Hall–Kier alpha value is -1.87. The lowest BCUT2D eigenvalue weighted by molar-refractivity contribution is -0.154. The van der Waals surface area contributed by atoms with E-state index < -0.39 is 35.6 Å². The first-order valence-corrected chi connectivity index (χ1v) is 13.2. The second-order valence-electron chi connectivity index (χ2n) is 10.9. The molecule has 0 aromatic carbocycles. The summed E-state index contributed by atoms with van der Waals surface area (Å²) in [6.07, 6.45) is 3.84. The molecule has 1 fully saturated rings. The van der Waals surface area contributed by atoms with E-state index in [9.17, 15) is 19.8 Å². The molecule has 3 rings (SSSR count). The van der Waals surface area contributed by atoms with Crippen molar-refractivity contribution in [3.8, 4) is 0 Å². The number of aryl methyl sites for hydroxylation is 1. The molecule has 7 atom stereocenters. The van der Waals surface area contributed by atoms with E-state index >= 15 is 0 Å². The van der Waals surface area contributed by atoms with Crippen LogP contribution in [0.15, 0.2) is 23.1 Å². The quantitative estimate of drug-likeness (QED) is 0.351. The molecule has 8 heteroatoms. The minimum absolute atomic E-state index is 0.0968. The predicted molar refractivity (Wildman–Crippen MR) is 136 cm³/mol. The lowest BCUT2D eigenvalue weighted by Crippen LogP contribution is -2.45. The van der Waals surface area contributed by atoms with E-state index in [1.54, 1.807) is 32.1 Å². The molecule has 0 spiro atoms. The summed E-state index contributed by atoms with van der Waals surface area (Å²) < 4.78 is 11.9. The van der Waals surface area contributed by atoms with Crippen molar-refractivity contribution in [2.45, 2.75) is 97.7 Å². The van der Waals surface area contributed by atoms with Gasteiger partial charge in [-0.2, -0.15) is 0 Å². The minimum atomic E-state index is -1.25. The summed E-state index contributed by atoms with van der Waals surface area (Å²) in [5, 5.41) is 24.5. The zero-order valence-corrected chi connectivity index (χ0v) is 22.6. The Balaban J connectivity index is 1.89. The zero-order chi connectivity index (χ0) is 26.1. The maximum absolute atomic E-state index is 13.2.